The molecule has 2 aromatic rings. The molecule has 5 rings (SSSR count). The van der Waals surface area contributed by atoms with Crippen LogP contribution in [0.25, 0.3) is 0 Å². The van der Waals surface area contributed by atoms with Crippen molar-refractivity contribution in [3.8, 4) is 0 Å². The van der Waals surface area contributed by atoms with Crippen molar-refractivity contribution in [3.05, 3.63) is 66.2 Å². The number of morpholine rings is 1. The summed E-state index contributed by atoms with van der Waals surface area (Å²) >= 11 is 0. The first-order valence-corrected chi connectivity index (χ1v) is 7.71. The van der Waals surface area contributed by atoms with Gasteiger partial charge in [0.2, 0.25) is 0 Å². The standard InChI is InChI=1S/C19H17NO3/c1-13-18(2)16(21)20(15-11-7-4-8-12-15)17(22)19(13,23-18)14-9-5-3-6-10-14/h3-13H,1-2H3/t13-,18-,19-/m1/s1. The molecule has 4 heteroatoms. The lowest BCUT2D eigenvalue weighted by atomic mass is 9.62. The van der Waals surface area contributed by atoms with Gasteiger partial charge in [-0.1, -0.05) is 55.5 Å². The summed E-state index contributed by atoms with van der Waals surface area (Å²) in [6, 6.07) is 18.5. The number of hydrogen-bond acceptors (Lipinski definition) is 3. The molecule has 3 aliphatic heterocycles. The molecule has 3 heterocycles. The van der Waals surface area contributed by atoms with Gasteiger partial charge in [-0.25, -0.2) is 4.90 Å². The quantitative estimate of drug-likeness (QED) is 0.802. The van der Waals surface area contributed by atoms with Crippen LogP contribution >= 0.6 is 0 Å². The molecule has 0 aliphatic carbocycles. The first-order chi connectivity index (χ1) is 11.0. The van der Waals surface area contributed by atoms with E-state index in [9.17, 15) is 9.59 Å². The van der Waals surface area contributed by atoms with Crippen LogP contribution in [-0.2, 0) is 19.9 Å². The van der Waals surface area contributed by atoms with E-state index in [-0.39, 0.29) is 17.7 Å². The van der Waals surface area contributed by atoms with Crippen LogP contribution < -0.4 is 4.90 Å². The van der Waals surface area contributed by atoms with Gasteiger partial charge in [-0.05, 0) is 24.6 Å². The van der Waals surface area contributed by atoms with Gasteiger partial charge >= 0.3 is 0 Å². The number of anilines is 1. The molecule has 4 nitrogen and oxygen atoms in total. The fourth-order valence-corrected chi connectivity index (χ4v) is 3.71. The lowest BCUT2D eigenvalue weighted by molar-refractivity contribution is -0.298. The van der Waals surface area contributed by atoms with Gasteiger partial charge in [0.25, 0.3) is 11.8 Å². The first kappa shape index (κ1) is 14.2. The molecule has 3 saturated heterocycles. The summed E-state index contributed by atoms with van der Waals surface area (Å²) in [5, 5.41) is 0. The van der Waals surface area contributed by atoms with Crippen molar-refractivity contribution in [2.24, 2.45) is 5.92 Å². The number of rotatable bonds is 2. The normalized spacial score (nSPS) is 32.6. The molecule has 116 valence electrons. The summed E-state index contributed by atoms with van der Waals surface area (Å²) in [6.45, 7) is 3.68. The number of carbonyl (C=O) groups excluding carboxylic acids is 2. The van der Waals surface area contributed by atoms with Gasteiger partial charge < -0.3 is 4.74 Å². The van der Waals surface area contributed by atoms with Crippen molar-refractivity contribution < 1.29 is 14.3 Å². The number of amides is 2. The molecular formula is C19H17NO3. The van der Waals surface area contributed by atoms with Gasteiger partial charge in [0.05, 0.1) is 5.69 Å². The second-order valence-electron chi connectivity index (χ2n) is 6.31. The first-order valence-electron chi connectivity index (χ1n) is 7.71. The van der Waals surface area contributed by atoms with Crippen LogP contribution in [0.4, 0.5) is 5.69 Å². The maximum absolute atomic E-state index is 13.2. The number of fused-ring (bicyclic) bond motifs is 2. The number of piperidine rings is 1. The number of para-hydroxylation sites is 1. The average Bonchev–Trinajstić information content (AvgIpc) is 2.59. The summed E-state index contributed by atoms with van der Waals surface area (Å²) in [7, 11) is 0. The Balaban J connectivity index is 1.87. The summed E-state index contributed by atoms with van der Waals surface area (Å²) in [5.74, 6) is -0.813. The average molecular weight is 307 g/mol. The zero-order valence-corrected chi connectivity index (χ0v) is 13.0. The Morgan fingerprint density at radius 2 is 1.48 bits per heavy atom. The summed E-state index contributed by atoms with van der Waals surface area (Å²) in [5.41, 5.74) is -0.674. The number of hydrogen-bond donors (Lipinski definition) is 0. The molecule has 2 aromatic carbocycles. The van der Waals surface area contributed by atoms with Crippen LogP contribution in [0.2, 0.25) is 0 Å². The Morgan fingerprint density at radius 1 is 0.913 bits per heavy atom. The number of imide groups is 1. The van der Waals surface area contributed by atoms with Crippen LogP contribution in [0.5, 0.6) is 0 Å². The minimum atomic E-state index is -1.08. The van der Waals surface area contributed by atoms with Crippen LogP contribution in [0, 0.1) is 5.92 Å². The SMILES string of the molecule is C[C@@H]1[C@@]2(C)O[C@]1(c1ccccc1)C(=O)N(c1ccccc1)C2=O. The molecule has 0 radical (unpaired) electrons. The molecule has 0 unspecified atom stereocenters. The van der Waals surface area contributed by atoms with E-state index in [0.29, 0.717) is 5.69 Å². The summed E-state index contributed by atoms with van der Waals surface area (Å²) in [4.78, 5) is 27.4. The number of nitrogens with zero attached hydrogens (tertiary/aromatic N) is 1. The van der Waals surface area contributed by atoms with Crippen molar-refractivity contribution in [1.82, 2.24) is 0 Å². The van der Waals surface area contributed by atoms with Crippen LogP contribution in [0.15, 0.2) is 60.7 Å². The van der Waals surface area contributed by atoms with Gasteiger partial charge in [-0.15, -0.1) is 0 Å². The van der Waals surface area contributed by atoms with Gasteiger partial charge in [-0.2, -0.15) is 0 Å². The zero-order chi connectivity index (χ0) is 16.2. The van der Waals surface area contributed by atoms with E-state index in [1.807, 2.05) is 55.5 Å². The van der Waals surface area contributed by atoms with Crippen LogP contribution in [0.3, 0.4) is 0 Å². The molecule has 0 N–H and O–H groups in total. The van der Waals surface area contributed by atoms with Gasteiger partial charge in [0.15, 0.2) is 11.2 Å². The molecule has 0 aromatic heterocycles. The number of carbonyl (C=O) groups is 2. The Kier molecular flexibility index (Phi) is 2.78. The van der Waals surface area contributed by atoms with Crippen LogP contribution in [-0.4, -0.2) is 17.4 Å². The Bertz CT molecular complexity index is 789. The van der Waals surface area contributed by atoms with E-state index < -0.39 is 11.2 Å². The molecule has 23 heavy (non-hydrogen) atoms. The number of ether oxygens (including phenoxy) is 1. The van der Waals surface area contributed by atoms with Gasteiger partial charge in [0.1, 0.15) is 0 Å². The lowest BCUT2D eigenvalue weighted by Crippen LogP contribution is -2.81. The van der Waals surface area contributed by atoms with Crippen molar-refractivity contribution in [1.29, 1.82) is 0 Å². The van der Waals surface area contributed by atoms with Crippen molar-refractivity contribution in [2.75, 3.05) is 4.90 Å². The van der Waals surface area contributed by atoms with E-state index in [4.69, 9.17) is 4.74 Å². The molecular weight excluding hydrogens is 290 g/mol. The largest absolute Gasteiger partial charge is 0.343 e. The van der Waals surface area contributed by atoms with Gasteiger partial charge in [-0.3, -0.25) is 9.59 Å². The van der Waals surface area contributed by atoms with Crippen molar-refractivity contribution >= 4 is 17.5 Å². The second kappa shape index (κ2) is 4.52. The van der Waals surface area contributed by atoms with E-state index in [2.05, 4.69) is 0 Å². The molecule has 0 spiro atoms. The van der Waals surface area contributed by atoms with E-state index in [1.165, 1.54) is 4.90 Å². The maximum Gasteiger partial charge on any atom is 0.271 e. The third kappa shape index (κ3) is 1.59. The second-order valence-corrected chi connectivity index (χ2v) is 6.31. The summed E-state index contributed by atoms with van der Waals surface area (Å²) in [6.07, 6.45) is 0. The highest BCUT2D eigenvalue weighted by Gasteiger charge is 2.75. The number of benzene rings is 2. The highest BCUT2D eigenvalue weighted by molar-refractivity contribution is 6.24. The molecule has 3 aliphatic rings. The Labute approximate surface area is 134 Å². The Morgan fingerprint density at radius 3 is 2.04 bits per heavy atom. The third-order valence-electron chi connectivity index (χ3n) is 5.17. The molecule has 2 bridgehead atoms. The van der Waals surface area contributed by atoms with Crippen molar-refractivity contribution in [2.45, 2.75) is 25.0 Å². The zero-order valence-electron chi connectivity index (χ0n) is 13.0. The fraction of sp³-hybridized carbons (Fsp3) is 0.263. The van der Waals surface area contributed by atoms with E-state index in [1.54, 1.807) is 19.1 Å². The highest BCUT2D eigenvalue weighted by atomic mass is 16.6. The minimum Gasteiger partial charge on any atom is -0.343 e. The van der Waals surface area contributed by atoms with Crippen LogP contribution in [0.1, 0.15) is 19.4 Å². The van der Waals surface area contributed by atoms with E-state index >= 15 is 0 Å². The van der Waals surface area contributed by atoms with Crippen molar-refractivity contribution in [3.63, 3.8) is 0 Å². The minimum absolute atomic E-state index is 0.211. The third-order valence-corrected chi connectivity index (χ3v) is 5.17. The Hall–Kier alpha value is -2.46. The molecule has 3 atom stereocenters. The van der Waals surface area contributed by atoms with Gasteiger partial charge in [0, 0.05) is 5.92 Å². The molecule has 3 fully saturated rings. The smallest absolute Gasteiger partial charge is 0.271 e. The highest BCUT2D eigenvalue weighted by Crippen LogP contribution is 2.58. The predicted molar refractivity (Wildman–Crippen MR) is 85.7 cm³/mol. The fourth-order valence-electron chi connectivity index (χ4n) is 3.71. The summed E-state index contributed by atoms with van der Waals surface area (Å²) < 4.78 is 5.98. The molecule has 2 amide bonds. The monoisotopic (exact) mass is 307 g/mol. The van der Waals surface area contributed by atoms with E-state index in [0.717, 1.165) is 5.56 Å². The predicted octanol–water partition coefficient (Wildman–Crippen LogP) is 2.88. The lowest BCUT2D eigenvalue weighted by Gasteiger charge is -2.63. The maximum atomic E-state index is 13.2. The topological polar surface area (TPSA) is 46.6 Å². The molecule has 0 saturated carbocycles.